The predicted molar refractivity (Wildman–Crippen MR) is 116 cm³/mol. The summed E-state index contributed by atoms with van der Waals surface area (Å²) in [6.07, 6.45) is 0.429. The second-order valence-electron chi connectivity index (χ2n) is 6.66. The highest BCUT2D eigenvalue weighted by Gasteiger charge is 2.25. The third kappa shape index (κ3) is 4.36. The van der Waals surface area contributed by atoms with Crippen molar-refractivity contribution in [2.45, 2.75) is 0 Å². The van der Waals surface area contributed by atoms with E-state index in [-0.39, 0.29) is 17.3 Å². The number of nitrogens with one attached hydrogen (secondary N) is 1. The predicted octanol–water partition coefficient (Wildman–Crippen LogP) is 3.92. The van der Waals surface area contributed by atoms with Crippen molar-refractivity contribution < 1.29 is 19.1 Å². The molecule has 0 saturated heterocycles. The first-order valence-corrected chi connectivity index (χ1v) is 9.36. The van der Waals surface area contributed by atoms with Crippen LogP contribution >= 0.6 is 0 Å². The summed E-state index contributed by atoms with van der Waals surface area (Å²) in [6, 6.07) is 20.6. The first-order valence-electron chi connectivity index (χ1n) is 9.36. The van der Waals surface area contributed by atoms with Gasteiger partial charge in [-0.15, -0.1) is 0 Å². The molecule has 4 rings (SSSR count). The van der Waals surface area contributed by atoms with Crippen molar-refractivity contribution in [1.29, 1.82) is 0 Å². The van der Waals surface area contributed by atoms with E-state index in [1.165, 1.54) is 6.08 Å². The smallest absolute Gasteiger partial charge is 0.409 e. The number of amides is 1. The Kier molecular flexibility index (Phi) is 5.33. The highest BCUT2D eigenvalue weighted by Crippen LogP contribution is 2.24. The van der Waals surface area contributed by atoms with Crippen molar-refractivity contribution in [3.05, 3.63) is 107 Å². The largest absolute Gasteiger partial charge is 0.411 e. The molecule has 3 aromatic carbocycles. The molecule has 0 unspecified atom stereocenters. The number of para-hydroxylation sites is 1. The molecule has 6 heteroatoms. The number of benzene rings is 3. The van der Waals surface area contributed by atoms with Gasteiger partial charge in [-0.05, 0) is 36.4 Å². The van der Waals surface area contributed by atoms with E-state index >= 15 is 0 Å². The molecule has 0 aromatic heterocycles. The van der Waals surface area contributed by atoms with E-state index in [9.17, 15) is 14.4 Å². The van der Waals surface area contributed by atoms with Crippen LogP contribution in [0.5, 0.6) is 5.75 Å². The Bertz CT molecular complexity index is 1290. The molecule has 0 aliphatic heterocycles. The normalized spacial score (nSPS) is 12.2. The molecule has 0 fully saturated rings. The summed E-state index contributed by atoms with van der Waals surface area (Å²) in [5.41, 5.74) is 7.92. The van der Waals surface area contributed by atoms with Crippen molar-refractivity contribution in [2.75, 3.05) is 5.32 Å². The Morgan fingerprint density at radius 3 is 2.26 bits per heavy atom. The monoisotopic (exact) mass is 408 g/mol. The summed E-state index contributed by atoms with van der Waals surface area (Å²) in [5, 5.41) is 3.05. The first kappa shape index (κ1) is 19.7. The maximum Gasteiger partial charge on any atom is 0.409 e. The Balaban J connectivity index is 1.58. The average molecular weight is 408 g/mol. The lowest BCUT2D eigenvalue weighted by Gasteiger charge is -2.17. The number of primary amides is 1. The summed E-state index contributed by atoms with van der Waals surface area (Å²) in [4.78, 5) is 36.0. The molecule has 0 radical (unpaired) electrons. The molecule has 0 atom stereocenters. The number of rotatable bonds is 3. The van der Waals surface area contributed by atoms with Gasteiger partial charge in [-0.3, -0.25) is 9.59 Å². The van der Waals surface area contributed by atoms with Gasteiger partial charge in [0.2, 0.25) is 5.78 Å². The van der Waals surface area contributed by atoms with E-state index < -0.39 is 6.09 Å². The van der Waals surface area contributed by atoms with Gasteiger partial charge in [-0.2, -0.15) is 0 Å². The van der Waals surface area contributed by atoms with Crippen LogP contribution in [0.3, 0.4) is 0 Å². The standard InChI is InChI=1S/C25H16N2O4/c26-25(30)31-18-13-10-16(11-14-18)9-12-17-5-1-4-8-21(17)27-22-15-23(28)19-6-2-3-7-20(19)24(22)29/h1-8,10-11,13-15,27H,(H2,26,30). The Labute approximate surface area is 178 Å². The summed E-state index contributed by atoms with van der Waals surface area (Å²) in [7, 11) is 0. The lowest BCUT2D eigenvalue weighted by atomic mass is 9.92. The van der Waals surface area contributed by atoms with Crippen LogP contribution in [-0.4, -0.2) is 17.7 Å². The topological polar surface area (TPSA) is 98.5 Å². The molecule has 3 N–H and O–H groups in total. The van der Waals surface area contributed by atoms with Crippen molar-refractivity contribution in [3.63, 3.8) is 0 Å². The lowest BCUT2D eigenvalue weighted by Crippen LogP contribution is -2.21. The third-order valence-electron chi connectivity index (χ3n) is 4.57. The number of hydrogen-bond donors (Lipinski definition) is 2. The molecule has 3 aromatic rings. The molecule has 1 amide bonds. The summed E-state index contributed by atoms with van der Waals surface area (Å²) < 4.78 is 4.79. The zero-order valence-corrected chi connectivity index (χ0v) is 16.2. The fourth-order valence-electron chi connectivity index (χ4n) is 3.12. The molecular formula is C25H16N2O4. The number of ketones is 2. The number of hydrogen-bond acceptors (Lipinski definition) is 5. The van der Waals surface area contributed by atoms with Crippen LogP contribution in [0.15, 0.2) is 84.6 Å². The van der Waals surface area contributed by atoms with E-state index in [0.717, 1.165) is 0 Å². The molecule has 150 valence electrons. The number of Topliss-reactive ketones (excluding diaryl/α,β-unsaturated/α-hetero) is 1. The average Bonchev–Trinajstić information content (AvgIpc) is 2.77. The van der Waals surface area contributed by atoms with Gasteiger partial charge in [-0.1, -0.05) is 48.2 Å². The minimum Gasteiger partial charge on any atom is -0.411 e. The Morgan fingerprint density at radius 2 is 1.52 bits per heavy atom. The SMILES string of the molecule is NC(=O)Oc1ccc(C#Cc2ccccc2NC2=CC(=O)c3ccccc3C2=O)cc1. The second kappa shape index (κ2) is 8.39. The molecule has 1 aliphatic carbocycles. The first-order chi connectivity index (χ1) is 15.0. The molecular weight excluding hydrogens is 392 g/mol. The Morgan fingerprint density at radius 1 is 0.839 bits per heavy atom. The van der Waals surface area contributed by atoms with E-state index in [4.69, 9.17) is 10.5 Å². The summed E-state index contributed by atoms with van der Waals surface area (Å²) in [5.74, 6) is 5.93. The quantitative estimate of drug-likeness (QED) is 0.640. The number of carbonyl (C=O) groups is 3. The van der Waals surface area contributed by atoms with Crippen LogP contribution in [0.25, 0.3) is 0 Å². The fraction of sp³-hybridized carbons (Fsp3) is 0. The maximum atomic E-state index is 12.8. The maximum absolute atomic E-state index is 12.8. The van der Waals surface area contributed by atoms with Gasteiger partial charge >= 0.3 is 6.09 Å². The third-order valence-corrected chi connectivity index (χ3v) is 4.57. The minimum absolute atomic E-state index is 0.200. The van der Waals surface area contributed by atoms with Crippen LogP contribution in [0, 0.1) is 11.8 Å². The van der Waals surface area contributed by atoms with E-state index in [1.807, 2.05) is 18.2 Å². The number of anilines is 1. The second-order valence-corrected chi connectivity index (χ2v) is 6.66. The molecule has 0 spiro atoms. The molecule has 0 heterocycles. The Hall–Kier alpha value is -4.63. The zero-order chi connectivity index (χ0) is 21.8. The van der Waals surface area contributed by atoms with Crippen molar-refractivity contribution in [3.8, 4) is 17.6 Å². The number of ether oxygens (including phenoxy) is 1. The summed E-state index contributed by atoms with van der Waals surface area (Å²) in [6.45, 7) is 0. The zero-order valence-electron chi connectivity index (χ0n) is 16.2. The lowest BCUT2D eigenvalue weighted by molar-refractivity contribution is 0.0985. The highest BCUT2D eigenvalue weighted by atomic mass is 16.5. The number of carbonyl (C=O) groups excluding carboxylic acids is 3. The molecule has 6 nitrogen and oxygen atoms in total. The molecule has 1 aliphatic rings. The van der Waals surface area contributed by atoms with Gasteiger partial charge in [0.25, 0.3) is 0 Å². The van der Waals surface area contributed by atoms with Gasteiger partial charge in [0.1, 0.15) is 5.75 Å². The van der Waals surface area contributed by atoms with Gasteiger partial charge in [-0.25, -0.2) is 4.79 Å². The van der Waals surface area contributed by atoms with Gasteiger partial charge in [0.05, 0.1) is 11.4 Å². The van der Waals surface area contributed by atoms with Crippen LogP contribution in [0.1, 0.15) is 31.8 Å². The van der Waals surface area contributed by atoms with Crippen LogP contribution in [-0.2, 0) is 0 Å². The highest BCUT2D eigenvalue weighted by molar-refractivity contribution is 6.25. The van der Waals surface area contributed by atoms with E-state index in [1.54, 1.807) is 54.6 Å². The van der Waals surface area contributed by atoms with Crippen LogP contribution < -0.4 is 15.8 Å². The molecule has 0 bridgehead atoms. The minimum atomic E-state index is -0.883. The van der Waals surface area contributed by atoms with E-state index in [0.29, 0.717) is 33.7 Å². The number of allylic oxidation sites excluding steroid dienone is 2. The van der Waals surface area contributed by atoms with Crippen molar-refractivity contribution in [1.82, 2.24) is 0 Å². The summed E-state index contributed by atoms with van der Waals surface area (Å²) >= 11 is 0. The fourth-order valence-corrected chi connectivity index (χ4v) is 3.12. The van der Waals surface area contributed by atoms with Crippen LogP contribution in [0.4, 0.5) is 10.5 Å². The van der Waals surface area contributed by atoms with Crippen molar-refractivity contribution >= 4 is 23.3 Å². The van der Waals surface area contributed by atoms with E-state index in [2.05, 4.69) is 17.2 Å². The number of nitrogens with two attached hydrogens (primary N) is 1. The van der Waals surface area contributed by atoms with Gasteiger partial charge < -0.3 is 15.8 Å². The number of fused-ring (bicyclic) bond motifs is 1. The molecule has 0 saturated carbocycles. The van der Waals surface area contributed by atoms with Gasteiger partial charge in [0, 0.05) is 28.3 Å². The van der Waals surface area contributed by atoms with Crippen LogP contribution in [0.2, 0.25) is 0 Å². The van der Waals surface area contributed by atoms with Crippen molar-refractivity contribution in [2.24, 2.45) is 5.73 Å². The molecule has 31 heavy (non-hydrogen) atoms. The van der Waals surface area contributed by atoms with Gasteiger partial charge in [0.15, 0.2) is 5.78 Å².